The minimum Gasteiger partial charge on any atom is -0.378 e. The van der Waals surface area contributed by atoms with Crippen molar-refractivity contribution in [1.82, 2.24) is 0 Å². The van der Waals surface area contributed by atoms with Crippen molar-refractivity contribution in [3.63, 3.8) is 0 Å². The maximum absolute atomic E-state index is 12.7. The fourth-order valence-corrected chi connectivity index (χ4v) is 4.73. The van der Waals surface area contributed by atoms with E-state index in [1.54, 1.807) is 0 Å². The molecule has 0 aliphatic carbocycles. The van der Waals surface area contributed by atoms with Gasteiger partial charge in [-0.2, -0.15) is 12.6 Å². The van der Waals surface area contributed by atoms with Crippen LogP contribution in [0, 0.1) is 0 Å². The molecule has 1 unspecified atom stereocenters. The second-order valence-corrected chi connectivity index (χ2v) is 11.4. The number of anilines is 2. The fraction of sp³-hybridized carbons (Fsp3) is 0.0769. The first kappa shape index (κ1) is 24.3. The summed E-state index contributed by atoms with van der Waals surface area (Å²) in [7, 11) is -13.0. The molecule has 2 aromatic carbocycles. The highest BCUT2D eigenvalue weighted by Gasteiger charge is 2.22. The molecule has 1 atom stereocenters. The third kappa shape index (κ3) is 6.53. The fourth-order valence-electron chi connectivity index (χ4n) is 2.05. The van der Waals surface area contributed by atoms with Gasteiger partial charge in [-0.15, -0.1) is 0 Å². The molecule has 0 spiro atoms. The molecule has 0 heterocycles. The average Bonchev–Trinajstić information content (AvgIpc) is 2.55. The first-order valence-electron chi connectivity index (χ1n) is 7.29. The Morgan fingerprint density at radius 3 is 2.03 bits per heavy atom. The van der Waals surface area contributed by atoms with E-state index in [1.807, 2.05) is 9.44 Å². The van der Waals surface area contributed by atoms with Crippen molar-refractivity contribution in [2.75, 3.05) is 15.7 Å². The maximum Gasteiger partial charge on any atom is 0.357 e. The van der Waals surface area contributed by atoms with Crippen molar-refractivity contribution >= 4 is 64.5 Å². The molecule has 30 heavy (non-hydrogen) atoms. The van der Waals surface area contributed by atoms with Crippen LogP contribution in [0.25, 0.3) is 0 Å². The minimum atomic E-state index is -4.75. The van der Waals surface area contributed by atoms with Crippen LogP contribution in [0.2, 0.25) is 5.02 Å². The summed E-state index contributed by atoms with van der Waals surface area (Å²) in [6.07, 6.45) is 0.822. The van der Waals surface area contributed by atoms with E-state index in [-0.39, 0.29) is 10.7 Å². The van der Waals surface area contributed by atoms with Crippen LogP contribution in [0.3, 0.4) is 0 Å². The van der Waals surface area contributed by atoms with Gasteiger partial charge in [0.15, 0.2) is 5.75 Å². The first-order chi connectivity index (χ1) is 13.6. The molecule has 17 heteroatoms. The minimum absolute atomic E-state index is 0.104. The Morgan fingerprint density at radius 1 is 0.933 bits per heavy atom. The second kappa shape index (κ2) is 8.66. The van der Waals surface area contributed by atoms with Crippen LogP contribution in [-0.4, -0.2) is 44.8 Å². The Kier molecular flexibility index (Phi) is 7.02. The maximum atomic E-state index is 12.7. The molecular weight excluding hydrogens is 508 g/mol. The third-order valence-corrected chi connectivity index (χ3v) is 6.65. The van der Waals surface area contributed by atoms with Crippen molar-refractivity contribution in [3.8, 4) is 5.75 Å². The molecule has 4 N–H and O–H groups in total. The van der Waals surface area contributed by atoms with E-state index < -0.39 is 62.8 Å². The number of rotatable bonds is 8. The SMILES string of the molecule is CS(=O)(=O)Nc1cc(S(=O)(=O)Nc2cc(S(=O)(=O)O)ccc2OS(=O)O)ccc1Cl. The summed E-state index contributed by atoms with van der Waals surface area (Å²) in [6, 6.07) is 5.32. The highest BCUT2D eigenvalue weighted by atomic mass is 35.5. The van der Waals surface area contributed by atoms with E-state index in [0.717, 1.165) is 36.6 Å². The van der Waals surface area contributed by atoms with Crippen LogP contribution in [0.5, 0.6) is 5.75 Å². The number of halogens is 1. The summed E-state index contributed by atoms with van der Waals surface area (Å²) in [5.41, 5.74) is -0.846. The third-order valence-electron chi connectivity index (χ3n) is 3.20. The summed E-state index contributed by atoms with van der Waals surface area (Å²) < 4.78 is 108. The summed E-state index contributed by atoms with van der Waals surface area (Å²) in [5.74, 6) is -0.532. The zero-order valence-electron chi connectivity index (χ0n) is 14.6. The predicted molar refractivity (Wildman–Crippen MR) is 108 cm³/mol. The van der Waals surface area contributed by atoms with Gasteiger partial charge in [0.2, 0.25) is 10.0 Å². The lowest BCUT2D eigenvalue weighted by molar-refractivity contribution is 0.458. The van der Waals surface area contributed by atoms with E-state index >= 15 is 0 Å². The van der Waals surface area contributed by atoms with E-state index in [0.29, 0.717) is 6.07 Å². The smallest absolute Gasteiger partial charge is 0.357 e. The molecule has 2 aromatic rings. The van der Waals surface area contributed by atoms with Crippen LogP contribution in [-0.2, 0) is 41.5 Å². The van der Waals surface area contributed by atoms with Crippen molar-refractivity contribution in [3.05, 3.63) is 41.4 Å². The molecule has 0 bridgehead atoms. The number of benzene rings is 2. The number of hydrogen-bond donors (Lipinski definition) is 4. The largest absolute Gasteiger partial charge is 0.378 e. The normalized spacial score (nSPS) is 13.5. The number of nitrogens with one attached hydrogen (secondary N) is 2. The van der Waals surface area contributed by atoms with Crippen LogP contribution in [0.15, 0.2) is 46.2 Å². The monoisotopic (exact) mass is 520 g/mol. The molecule has 0 saturated carbocycles. The van der Waals surface area contributed by atoms with Gasteiger partial charge in [0, 0.05) is 0 Å². The van der Waals surface area contributed by atoms with Gasteiger partial charge >= 0.3 is 11.4 Å². The van der Waals surface area contributed by atoms with Gasteiger partial charge in [0.05, 0.1) is 32.4 Å². The summed E-state index contributed by atoms with van der Waals surface area (Å²) >= 11 is 2.96. The average molecular weight is 521 g/mol. The van der Waals surface area contributed by atoms with E-state index in [9.17, 15) is 29.5 Å². The van der Waals surface area contributed by atoms with Crippen LogP contribution >= 0.6 is 11.6 Å². The van der Waals surface area contributed by atoms with Crippen molar-refractivity contribution in [2.24, 2.45) is 0 Å². The zero-order valence-corrected chi connectivity index (χ0v) is 18.7. The van der Waals surface area contributed by atoms with Crippen molar-refractivity contribution in [2.45, 2.75) is 9.79 Å². The summed E-state index contributed by atoms with van der Waals surface area (Å²) in [5, 5.41) is -0.104. The zero-order chi connectivity index (χ0) is 22.9. The Labute approximate surface area is 179 Å². The molecule has 0 aromatic heterocycles. The van der Waals surface area contributed by atoms with Crippen molar-refractivity contribution in [1.29, 1.82) is 0 Å². The topological polar surface area (TPSA) is 193 Å². The van der Waals surface area contributed by atoms with Gasteiger partial charge in [0.25, 0.3) is 20.1 Å². The van der Waals surface area contributed by atoms with E-state index in [4.69, 9.17) is 20.7 Å². The van der Waals surface area contributed by atoms with Gasteiger partial charge in [0.1, 0.15) is 0 Å². The predicted octanol–water partition coefficient (Wildman–Crippen LogP) is 1.27. The molecule has 166 valence electrons. The lowest BCUT2D eigenvalue weighted by atomic mass is 10.3. The molecule has 2 rings (SSSR count). The molecule has 0 fully saturated rings. The molecular formula is C13H13ClN2O10S4. The standard InChI is InChI=1S/C13H13ClN2O10S4/c1-28(19,20)15-11-6-8(2-4-10(11)14)29(21,22)16-12-7-9(30(23,24)25)3-5-13(12)26-27(17)18/h2-7,15-16H,1H3,(H,17,18)(H,23,24,25). The van der Waals surface area contributed by atoms with Crippen molar-refractivity contribution < 1.29 is 42.8 Å². The Balaban J connectivity index is 2.55. The van der Waals surface area contributed by atoms with Gasteiger partial charge in [-0.05, 0) is 36.4 Å². The van der Waals surface area contributed by atoms with E-state index in [1.165, 1.54) is 0 Å². The molecule has 12 nitrogen and oxygen atoms in total. The summed E-state index contributed by atoms with van der Waals surface area (Å²) in [6.45, 7) is 0. The highest BCUT2D eigenvalue weighted by molar-refractivity contribution is 7.93. The van der Waals surface area contributed by atoms with Crippen LogP contribution < -0.4 is 13.6 Å². The van der Waals surface area contributed by atoms with Gasteiger partial charge in [-0.3, -0.25) is 18.5 Å². The quantitative estimate of drug-likeness (QED) is 0.291. The van der Waals surface area contributed by atoms with E-state index in [2.05, 4.69) is 4.18 Å². The molecule has 0 radical (unpaired) electrons. The molecule has 0 saturated heterocycles. The van der Waals surface area contributed by atoms with Gasteiger partial charge in [-0.25, -0.2) is 16.8 Å². The molecule has 0 aliphatic heterocycles. The first-order valence-corrected chi connectivity index (χ1v) is 13.5. The lowest BCUT2D eigenvalue weighted by Crippen LogP contribution is -2.16. The lowest BCUT2D eigenvalue weighted by Gasteiger charge is -2.14. The Hall–Kier alpha value is -1.95. The molecule has 0 aliphatic rings. The van der Waals surface area contributed by atoms with Gasteiger partial charge < -0.3 is 4.18 Å². The summed E-state index contributed by atoms with van der Waals surface area (Å²) in [4.78, 5) is -1.22. The van der Waals surface area contributed by atoms with Gasteiger partial charge in [-0.1, -0.05) is 11.6 Å². The van der Waals surface area contributed by atoms with Crippen LogP contribution in [0.1, 0.15) is 0 Å². The highest BCUT2D eigenvalue weighted by Crippen LogP contribution is 2.32. The van der Waals surface area contributed by atoms with Crippen LogP contribution in [0.4, 0.5) is 11.4 Å². The number of sulfonamides is 2. The Bertz CT molecular complexity index is 1320. The molecule has 0 amide bonds. The Morgan fingerprint density at radius 2 is 1.50 bits per heavy atom. The second-order valence-electron chi connectivity index (χ2n) is 5.55. The number of hydrogen-bond acceptors (Lipinski definition) is 8.